The van der Waals surface area contributed by atoms with Gasteiger partial charge in [-0.15, -0.1) is 0 Å². The van der Waals surface area contributed by atoms with Crippen LogP contribution in [0, 0.1) is 0 Å². The molecular formula is C7H6BrF2NO2. The van der Waals surface area contributed by atoms with Crippen LogP contribution < -0.4 is 5.56 Å². The third-order valence-corrected chi connectivity index (χ3v) is 2.13. The highest BCUT2D eigenvalue weighted by molar-refractivity contribution is 9.10. The lowest BCUT2D eigenvalue weighted by Gasteiger charge is -2.07. The summed E-state index contributed by atoms with van der Waals surface area (Å²) in [7, 11) is 0. The summed E-state index contributed by atoms with van der Waals surface area (Å²) >= 11 is 2.79. The van der Waals surface area contributed by atoms with Crippen LogP contribution in [0.15, 0.2) is 15.5 Å². The molecule has 0 saturated carbocycles. The second-order valence-corrected chi connectivity index (χ2v) is 3.14. The fourth-order valence-corrected chi connectivity index (χ4v) is 1.58. The molecule has 0 radical (unpaired) electrons. The smallest absolute Gasteiger partial charge is 0.266 e. The Morgan fingerprint density at radius 2 is 2.23 bits per heavy atom. The SMILES string of the molecule is O=c1cc(CO)c(C(F)F)c(Br)[nH]1. The summed E-state index contributed by atoms with van der Waals surface area (Å²) in [5, 5.41) is 8.71. The first kappa shape index (κ1) is 10.3. The number of rotatable bonds is 2. The minimum absolute atomic E-state index is 0.0642. The van der Waals surface area contributed by atoms with Crippen molar-refractivity contribution in [3.63, 3.8) is 0 Å². The van der Waals surface area contributed by atoms with Gasteiger partial charge in [0.25, 0.3) is 6.43 Å². The van der Waals surface area contributed by atoms with E-state index in [4.69, 9.17) is 5.11 Å². The molecule has 0 aliphatic carbocycles. The number of pyridine rings is 1. The summed E-state index contributed by atoms with van der Waals surface area (Å²) in [5.41, 5.74) is -0.965. The molecule has 72 valence electrons. The minimum atomic E-state index is -2.73. The fourth-order valence-electron chi connectivity index (χ4n) is 0.955. The van der Waals surface area contributed by atoms with Gasteiger partial charge in [0, 0.05) is 6.07 Å². The zero-order valence-corrected chi connectivity index (χ0v) is 7.94. The summed E-state index contributed by atoms with van der Waals surface area (Å²) in [6, 6.07) is 0.951. The lowest BCUT2D eigenvalue weighted by molar-refractivity contribution is 0.145. The van der Waals surface area contributed by atoms with Crippen molar-refractivity contribution >= 4 is 15.9 Å². The first-order valence-electron chi connectivity index (χ1n) is 3.37. The van der Waals surface area contributed by atoms with E-state index in [1.165, 1.54) is 0 Å². The van der Waals surface area contributed by atoms with Gasteiger partial charge < -0.3 is 10.1 Å². The maximum absolute atomic E-state index is 12.3. The van der Waals surface area contributed by atoms with Gasteiger partial charge in [-0.25, -0.2) is 8.78 Å². The van der Waals surface area contributed by atoms with Crippen molar-refractivity contribution in [1.29, 1.82) is 0 Å². The first-order valence-corrected chi connectivity index (χ1v) is 4.16. The molecule has 0 atom stereocenters. The van der Waals surface area contributed by atoms with E-state index in [0.29, 0.717) is 0 Å². The quantitative estimate of drug-likeness (QED) is 0.787. The molecule has 1 heterocycles. The van der Waals surface area contributed by atoms with Gasteiger partial charge >= 0.3 is 0 Å². The molecule has 6 heteroatoms. The normalized spacial score (nSPS) is 10.8. The van der Waals surface area contributed by atoms with Gasteiger partial charge in [0.05, 0.1) is 16.8 Å². The summed E-state index contributed by atoms with van der Waals surface area (Å²) in [6.07, 6.45) is -2.73. The van der Waals surface area contributed by atoms with Crippen molar-refractivity contribution in [2.45, 2.75) is 13.0 Å². The van der Waals surface area contributed by atoms with Crippen LogP contribution in [0.2, 0.25) is 0 Å². The molecule has 2 N–H and O–H groups in total. The molecule has 13 heavy (non-hydrogen) atoms. The summed E-state index contributed by atoms with van der Waals surface area (Å²) in [6.45, 7) is -0.581. The molecule has 1 aromatic heterocycles. The number of alkyl halides is 2. The highest BCUT2D eigenvalue weighted by Gasteiger charge is 2.17. The third-order valence-electron chi connectivity index (χ3n) is 1.51. The number of aliphatic hydroxyl groups is 1. The largest absolute Gasteiger partial charge is 0.392 e. The van der Waals surface area contributed by atoms with E-state index in [1.807, 2.05) is 0 Å². The van der Waals surface area contributed by atoms with Gasteiger partial charge in [0.2, 0.25) is 5.56 Å². The standard InChI is InChI=1S/C7H6BrF2NO2/c8-6-5(7(9)10)3(2-12)1-4(13)11-6/h1,7,12H,2H2,(H,11,13). The number of hydrogen-bond acceptors (Lipinski definition) is 2. The molecule has 0 fully saturated rings. The maximum atomic E-state index is 12.3. The second-order valence-electron chi connectivity index (χ2n) is 2.35. The van der Waals surface area contributed by atoms with Crippen molar-refractivity contribution in [2.24, 2.45) is 0 Å². The van der Waals surface area contributed by atoms with Crippen molar-refractivity contribution < 1.29 is 13.9 Å². The van der Waals surface area contributed by atoms with Crippen molar-refractivity contribution in [2.75, 3.05) is 0 Å². The molecule has 0 amide bonds. The van der Waals surface area contributed by atoms with Crippen LogP contribution >= 0.6 is 15.9 Å². The van der Waals surface area contributed by atoms with E-state index in [1.54, 1.807) is 0 Å². The van der Waals surface area contributed by atoms with Crippen LogP contribution in [-0.2, 0) is 6.61 Å². The van der Waals surface area contributed by atoms with Gasteiger partial charge in [0.15, 0.2) is 0 Å². The van der Waals surface area contributed by atoms with E-state index in [0.717, 1.165) is 6.07 Å². The predicted octanol–water partition coefficient (Wildman–Crippen LogP) is 1.57. The van der Waals surface area contributed by atoms with E-state index < -0.39 is 18.6 Å². The monoisotopic (exact) mass is 253 g/mol. The fraction of sp³-hybridized carbons (Fsp3) is 0.286. The Morgan fingerprint density at radius 1 is 1.62 bits per heavy atom. The average molecular weight is 254 g/mol. The van der Waals surface area contributed by atoms with Gasteiger partial charge in [-0.1, -0.05) is 0 Å². The van der Waals surface area contributed by atoms with Gasteiger partial charge in [-0.3, -0.25) is 4.79 Å². The van der Waals surface area contributed by atoms with E-state index in [-0.39, 0.29) is 15.7 Å². The number of aliphatic hydroxyl groups excluding tert-OH is 1. The molecular weight excluding hydrogens is 248 g/mol. The van der Waals surface area contributed by atoms with Crippen LogP contribution in [0.1, 0.15) is 17.6 Å². The van der Waals surface area contributed by atoms with Gasteiger partial charge in [-0.2, -0.15) is 0 Å². The molecule has 3 nitrogen and oxygen atoms in total. The van der Waals surface area contributed by atoms with E-state index >= 15 is 0 Å². The zero-order valence-electron chi connectivity index (χ0n) is 6.35. The molecule has 0 unspecified atom stereocenters. The topological polar surface area (TPSA) is 53.1 Å². The molecule has 0 saturated heterocycles. The van der Waals surface area contributed by atoms with Crippen molar-refractivity contribution in [1.82, 2.24) is 4.98 Å². The Morgan fingerprint density at radius 3 is 2.69 bits per heavy atom. The lowest BCUT2D eigenvalue weighted by Crippen LogP contribution is -2.10. The maximum Gasteiger partial charge on any atom is 0.266 e. The molecule has 1 rings (SSSR count). The van der Waals surface area contributed by atoms with Crippen LogP contribution in [0.25, 0.3) is 0 Å². The minimum Gasteiger partial charge on any atom is -0.392 e. The zero-order chi connectivity index (χ0) is 10.0. The number of nitrogens with one attached hydrogen (secondary N) is 1. The molecule has 1 aromatic rings. The molecule has 0 aliphatic heterocycles. The van der Waals surface area contributed by atoms with Crippen molar-refractivity contribution in [3.8, 4) is 0 Å². The number of aromatic nitrogens is 1. The molecule has 0 aromatic carbocycles. The van der Waals surface area contributed by atoms with Crippen LogP contribution in [0.4, 0.5) is 8.78 Å². The number of hydrogen-bond donors (Lipinski definition) is 2. The lowest BCUT2D eigenvalue weighted by atomic mass is 10.1. The summed E-state index contributed by atoms with van der Waals surface area (Å²) in [5.74, 6) is 0. The van der Waals surface area contributed by atoms with E-state index in [2.05, 4.69) is 20.9 Å². The summed E-state index contributed by atoms with van der Waals surface area (Å²) in [4.78, 5) is 13.0. The van der Waals surface area contributed by atoms with E-state index in [9.17, 15) is 13.6 Å². The van der Waals surface area contributed by atoms with Gasteiger partial charge in [-0.05, 0) is 21.5 Å². The predicted molar refractivity (Wildman–Crippen MR) is 45.6 cm³/mol. The molecule has 0 aliphatic rings. The highest BCUT2D eigenvalue weighted by atomic mass is 79.9. The Bertz CT molecular complexity index is 364. The third kappa shape index (κ3) is 2.13. The van der Waals surface area contributed by atoms with Crippen molar-refractivity contribution in [3.05, 3.63) is 32.2 Å². The molecule has 0 bridgehead atoms. The highest BCUT2D eigenvalue weighted by Crippen LogP contribution is 2.27. The summed E-state index contributed by atoms with van der Waals surface area (Å²) < 4.78 is 24.6. The number of halogens is 3. The van der Waals surface area contributed by atoms with Crippen LogP contribution in [-0.4, -0.2) is 10.1 Å². The second kappa shape index (κ2) is 3.97. The molecule has 0 spiro atoms. The Kier molecular flexibility index (Phi) is 3.16. The number of aromatic amines is 1. The average Bonchev–Trinajstić information content (AvgIpc) is 2.01. The first-order chi connectivity index (χ1) is 6.06. The van der Waals surface area contributed by atoms with Crippen LogP contribution in [0.3, 0.4) is 0 Å². The Balaban J connectivity index is 3.38. The number of H-pyrrole nitrogens is 1. The Labute approximate surface area is 80.5 Å². The van der Waals surface area contributed by atoms with Gasteiger partial charge in [0.1, 0.15) is 0 Å². The van der Waals surface area contributed by atoms with Crippen LogP contribution in [0.5, 0.6) is 0 Å². The Hall–Kier alpha value is -0.750.